The number of rotatable bonds is 5. The maximum absolute atomic E-state index is 4.84. The van der Waals surface area contributed by atoms with E-state index in [0.717, 1.165) is 44.3 Å². The summed E-state index contributed by atoms with van der Waals surface area (Å²) in [6, 6.07) is 4.22. The lowest BCUT2D eigenvalue weighted by Crippen LogP contribution is -2.49. The highest BCUT2D eigenvalue weighted by Gasteiger charge is 2.24. The Labute approximate surface area is 168 Å². The van der Waals surface area contributed by atoms with E-state index in [1.807, 2.05) is 13.1 Å². The molecule has 1 atom stereocenters. The lowest BCUT2D eigenvalue weighted by atomic mass is 10.1. The number of aryl methyl sites for hydroxylation is 1. The number of hydrogen-bond acceptors (Lipinski definition) is 3. The Morgan fingerprint density at radius 2 is 2.25 bits per heavy atom. The zero-order chi connectivity index (χ0) is 16.7. The fourth-order valence-corrected chi connectivity index (χ4v) is 3.93. The second-order valence-electron chi connectivity index (χ2n) is 6.39. The molecule has 1 fully saturated rings. The van der Waals surface area contributed by atoms with Crippen molar-refractivity contribution < 1.29 is 0 Å². The lowest BCUT2D eigenvalue weighted by Gasteiger charge is -2.36. The molecule has 24 heavy (non-hydrogen) atoms. The Morgan fingerprint density at radius 1 is 1.46 bits per heavy atom. The molecule has 6 heteroatoms. The van der Waals surface area contributed by atoms with Gasteiger partial charge in [-0.3, -0.25) is 9.98 Å². The molecule has 2 rings (SSSR count). The number of hydrogen-bond donors (Lipinski definition) is 1. The minimum Gasteiger partial charge on any atom is -0.357 e. The predicted octanol–water partition coefficient (Wildman–Crippen LogP) is 3.59. The smallest absolute Gasteiger partial charge is 0.193 e. The predicted molar refractivity (Wildman–Crippen MR) is 117 cm³/mol. The van der Waals surface area contributed by atoms with E-state index in [9.17, 15) is 0 Å². The van der Waals surface area contributed by atoms with Crippen LogP contribution >= 0.6 is 35.7 Å². The number of aliphatic imine (C=N–C) groups is 1. The highest BCUT2D eigenvalue weighted by molar-refractivity contribution is 14.0. The van der Waals surface area contributed by atoms with Gasteiger partial charge in [-0.05, 0) is 37.8 Å². The fraction of sp³-hybridized carbons (Fsp3) is 0.667. The zero-order valence-corrected chi connectivity index (χ0v) is 18.4. The van der Waals surface area contributed by atoms with Crippen LogP contribution in [0.15, 0.2) is 23.3 Å². The summed E-state index contributed by atoms with van der Waals surface area (Å²) in [6.45, 7) is 12.7. The minimum atomic E-state index is 0. The van der Waals surface area contributed by atoms with Crippen LogP contribution in [0, 0.1) is 12.8 Å². The minimum absolute atomic E-state index is 0. The van der Waals surface area contributed by atoms with Gasteiger partial charge in [0.15, 0.2) is 5.96 Å². The normalized spacial score (nSPS) is 18.5. The van der Waals surface area contributed by atoms with Crippen LogP contribution in [-0.2, 0) is 6.42 Å². The average molecular weight is 462 g/mol. The van der Waals surface area contributed by atoms with Crippen molar-refractivity contribution in [2.75, 3.05) is 31.9 Å². The SMILES string of the molecule is CCNC(=NCCc1ccc(C)nc1)N1CCSC(C(C)C)C1.I. The van der Waals surface area contributed by atoms with Crippen LogP contribution in [0.1, 0.15) is 32.0 Å². The summed E-state index contributed by atoms with van der Waals surface area (Å²) in [5, 5.41) is 4.16. The van der Waals surface area contributed by atoms with Crippen LogP contribution in [0.2, 0.25) is 0 Å². The molecular formula is C18H31IN4S. The van der Waals surface area contributed by atoms with Crippen LogP contribution < -0.4 is 5.32 Å². The standard InChI is InChI=1S/C18H30N4S.HI/c1-5-19-18(22-10-11-23-17(13-22)14(2)3)20-9-8-16-7-6-15(4)21-12-16;/h6-7,12,14,17H,5,8-11,13H2,1-4H3,(H,19,20);1H. The molecular weight excluding hydrogens is 431 g/mol. The Hall–Kier alpha value is -0.500. The molecule has 0 aliphatic carbocycles. The molecule has 0 radical (unpaired) electrons. The summed E-state index contributed by atoms with van der Waals surface area (Å²) < 4.78 is 0. The van der Waals surface area contributed by atoms with Crippen molar-refractivity contribution in [3.63, 3.8) is 0 Å². The van der Waals surface area contributed by atoms with Gasteiger partial charge in [0.05, 0.1) is 0 Å². The van der Waals surface area contributed by atoms with E-state index in [1.54, 1.807) is 0 Å². The zero-order valence-electron chi connectivity index (χ0n) is 15.3. The van der Waals surface area contributed by atoms with Gasteiger partial charge < -0.3 is 10.2 Å². The van der Waals surface area contributed by atoms with Crippen LogP contribution in [0.5, 0.6) is 0 Å². The fourth-order valence-electron chi connectivity index (χ4n) is 2.63. The number of halogens is 1. The van der Waals surface area contributed by atoms with E-state index < -0.39 is 0 Å². The Kier molecular flexibility index (Phi) is 10.0. The number of aromatic nitrogens is 1. The highest BCUT2D eigenvalue weighted by Crippen LogP contribution is 2.24. The second-order valence-corrected chi connectivity index (χ2v) is 7.74. The van der Waals surface area contributed by atoms with Gasteiger partial charge in [0.2, 0.25) is 0 Å². The first-order chi connectivity index (χ1) is 11.1. The second kappa shape index (κ2) is 11.2. The molecule has 4 nitrogen and oxygen atoms in total. The van der Waals surface area contributed by atoms with E-state index >= 15 is 0 Å². The van der Waals surface area contributed by atoms with Gasteiger partial charge in [-0.15, -0.1) is 24.0 Å². The summed E-state index contributed by atoms with van der Waals surface area (Å²) in [5.41, 5.74) is 2.32. The largest absolute Gasteiger partial charge is 0.357 e. The molecule has 1 unspecified atom stereocenters. The van der Waals surface area contributed by atoms with Gasteiger partial charge in [-0.25, -0.2) is 0 Å². The molecule has 1 aromatic heterocycles. The number of nitrogens with zero attached hydrogens (tertiary/aromatic N) is 3. The Morgan fingerprint density at radius 3 is 2.88 bits per heavy atom. The van der Waals surface area contributed by atoms with Gasteiger partial charge in [-0.1, -0.05) is 19.9 Å². The molecule has 1 saturated heterocycles. The molecule has 0 aromatic carbocycles. The topological polar surface area (TPSA) is 40.5 Å². The van der Waals surface area contributed by atoms with Gasteiger partial charge in [0, 0.05) is 49.1 Å². The summed E-state index contributed by atoms with van der Waals surface area (Å²) >= 11 is 2.10. The molecule has 0 saturated carbocycles. The van der Waals surface area contributed by atoms with Gasteiger partial charge >= 0.3 is 0 Å². The van der Waals surface area contributed by atoms with Crippen molar-refractivity contribution in [3.8, 4) is 0 Å². The van der Waals surface area contributed by atoms with Gasteiger partial charge in [0.1, 0.15) is 0 Å². The van der Waals surface area contributed by atoms with E-state index in [4.69, 9.17) is 4.99 Å². The van der Waals surface area contributed by atoms with Crippen molar-refractivity contribution in [2.24, 2.45) is 10.9 Å². The van der Waals surface area contributed by atoms with Crippen molar-refractivity contribution >= 4 is 41.7 Å². The van der Waals surface area contributed by atoms with Crippen molar-refractivity contribution in [1.29, 1.82) is 0 Å². The van der Waals surface area contributed by atoms with E-state index in [0.29, 0.717) is 11.2 Å². The molecule has 0 bridgehead atoms. The number of nitrogens with one attached hydrogen (secondary N) is 1. The highest BCUT2D eigenvalue weighted by atomic mass is 127. The average Bonchev–Trinajstić information content (AvgIpc) is 2.56. The number of thioether (sulfide) groups is 1. The number of guanidine groups is 1. The van der Waals surface area contributed by atoms with Crippen LogP contribution in [0.4, 0.5) is 0 Å². The third-order valence-corrected chi connectivity index (χ3v) is 5.65. The van der Waals surface area contributed by atoms with Crippen molar-refractivity contribution in [3.05, 3.63) is 29.6 Å². The van der Waals surface area contributed by atoms with Crippen LogP contribution in [-0.4, -0.2) is 53.0 Å². The Balaban J connectivity index is 0.00000288. The molecule has 0 spiro atoms. The van der Waals surface area contributed by atoms with Crippen LogP contribution in [0.3, 0.4) is 0 Å². The summed E-state index contributed by atoms with van der Waals surface area (Å²) in [6.07, 6.45) is 2.91. The first kappa shape index (κ1) is 21.5. The molecule has 1 aliphatic heterocycles. The van der Waals surface area contributed by atoms with Gasteiger partial charge in [0.25, 0.3) is 0 Å². The molecule has 1 N–H and O–H groups in total. The van der Waals surface area contributed by atoms with Crippen molar-refractivity contribution in [2.45, 2.75) is 39.4 Å². The third-order valence-electron chi connectivity index (χ3n) is 4.11. The molecule has 0 amide bonds. The number of pyridine rings is 1. The maximum atomic E-state index is 4.84. The van der Waals surface area contributed by atoms with Crippen LogP contribution in [0.25, 0.3) is 0 Å². The summed E-state index contributed by atoms with van der Waals surface area (Å²) in [5.74, 6) is 2.97. The first-order valence-corrected chi connectivity index (χ1v) is 9.71. The quantitative estimate of drug-likeness (QED) is 0.413. The molecule has 136 valence electrons. The summed E-state index contributed by atoms with van der Waals surface area (Å²) in [4.78, 5) is 11.6. The molecule has 1 aliphatic rings. The molecule has 2 heterocycles. The van der Waals surface area contributed by atoms with Crippen molar-refractivity contribution in [1.82, 2.24) is 15.2 Å². The monoisotopic (exact) mass is 462 g/mol. The third kappa shape index (κ3) is 6.78. The maximum Gasteiger partial charge on any atom is 0.193 e. The van der Waals surface area contributed by atoms with Gasteiger partial charge in [-0.2, -0.15) is 11.8 Å². The summed E-state index contributed by atoms with van der Waals surface area (Å²) in [7, 11) is 0. The van der Waals surface area contributed by atoms with E-state index in [1.165, 1.54) is 11.3 Å². The lowest BCUT2D eigenvalue weighted by molar-refractivity contribution is 0.381. The molecule has 1 aromatic rings. The van der Waals surface area contributed by atoms with E-state index in [2.05, 4.69) is 59.9 Å². The first-order valence-electron chi connectivity index (χ1n) is 8.66. The van der Waals surface area contributed by atoms with E-state index in [-0.39, 0.29) is 24.0 Å². The Bertz CT molecular complexity index is 504.